The first-order chi connectivity index (χ1) is 31.8. The summed E-state index contributed by atoms with van der Waals surface area (Å²) in [4.78, 5) is 120. The van der Waals surface area contributed by atoms with Gasteiger partial charge in [0.1, 0.15) is 29.4 Å². The molecule has 5 atom stereocenters. The summed E-state index contributed by atoms with van der Waals surface area (Å²) in [6, 6.07) is -3.41. The number of hydrogen-bond acceptors (Lipinski definition) is 11. The third kappa shape index (κ3) is 36.0. The van der Waals surface area contributed by atoms with Crippen LogP contribution in [-0.2, 0) is 47.9 Å². The van der Waals surface area contributed by atoms with Gasteiger partial charge in [-0.2, -0.15) is 0 Å². The van der Waals surface area contributed by atoms with E-state index in [1.54, 1.807) is 6.92 Å². The molecule has 0 aliphatic carbocycles. The van der Waals surface area contributed by atoms with Crippen LogP contribution < -0.4 is 21.7 Å². The molecule has 18 nitrogen and oxygen atoms in total. The Hall–Kier alpha value is -4.74. The number of aliphatic carboxylic acids is 4. The lowest BCUT2D eigenvalue weighted by Gasteiger charge is -2.17. The van der Waals surface area contributed by atoms with Gasteiger partial charge in [0.2, 0.25) is 17.7 Å². The van der Waals surface area contributed by atoms with Gasteiger partial charge in [-0.3, -0.25) is 38.4 Å². The number of carboxylic acid groups (broad SMARTS) is 4. The second-order valence-corrected chi connectivity index (χ2v) is 18.2. The van der Waals surface area contributed by atoms with E-state index in [-0.39, 0.29) is 74.8 Å². The summed E-state index contributed by atoms with van der Waals surface area (Å²) >= 11 is 0. The molecule has 0 saturated heterocycles. The molecular formula is C49H84N4O14. The van der Waals surface area contributed by atoms with Crippen LogP contribution in [0.3, 0.4) is 0 Å². The molecule has 67 heavy (non-hydrogen) atoms. The van der Waals surface area contributed by atoms with Crippen molar-refractivity contribution in [1.29, 1.82) is 0 Å². The van der Waals surface area contributed by atoms with Gasteiger partial charge in [0.05, 0.1) is 12.0 Å². The maximum Gasteiger partial charge on any atom is 0.326 e. The Bertz CT molecular complexity index is 1520. The zero-order valence-electron chi connectivity index (χ0n) is 40.5. The summed E-state index contributed by atoms with van der Waals surface area (Å²) in [6.45, 7) is 3.92. The van der Waals surface area contributed by atoms with E-state index in [9.17, 15) is 63.3 Å². The highest BCUT2D eigenvalue weighted by Gasteiger charge is 2.27. The molecule has 0 saturated carbocycles. The molecule has 0 aliphatic heterocycles. The van der Waals surface area contributed by atoms with E-state index in [4.69, 9.17) is 10.8 Å². The smallest absolute Gasteiger partial charge is 0.326 e. The van der Waals surface area contributed by atoms with Crippen LogP contribution in [0.4, 0.5) is 0 Å². The molecule has 0 aromatic heterocycles. The van der Waals surface area contributed by atoms with Crippen LogP contribution in [0, 0.1) is 11.8 Å². The third-order valence-corrected chi connectivity index (χ3v) is 12.1. The van der Waals surface area contributed by atoms with Crippen molar-refractivity contribution in [2.75, 3.05) is 6.54 Å². The minimum Gasteiger partial charge on any atom is -0.481 e. The lowest BCUT2D eigenvalue weighted by atomic mass is 9.94. The van der Waals surface area contributed by atoms with E-state index >= 15 is 0 Å². The molecule has 0 aromatic rings. The van der Waals surface area contributed by atoms with Crippen LogP contribution in [0.25, 0.3) is 0 Å². The second kappa shape index (κ2) is 39.3. The van der Waals surface area contributed by atoms with Gasteiger partial charge >= 0.3 is 23.9 Å². The van der Waals surface area contributed by atoms with Gasteiger partial charge in [-0.15, -0.1) is 0 Å². The topological polar surface area (TPSA) is 314 Å². The Kier molecular flexibility index (Phi) is 36.5. The number of rotatable bonds is 46. The maximum absolute atomic E-state index is 12.7. The average molecular weight is 953 g/mol. The van der Waals surface area contributed by atoms with Gasteiger partial charge in [-0.05, 0) is 64.7 Å². The Morgan fingerprint density at radius 1 is 0.448 bits per heavy atom. The molecule has 1 unspecified atom stereocenters. The van der Waals surface area contributed by atoms with Crippen LogP contribution >= 0.6 is 0 Å². The average Bonchev–Trinajstić information content (AvgIpc) is 3.26. The molecule has 0 spiro atoms. The van der Waals surface area contributed by atoms with Crippen LogP contribution in [0.15, 0.2) is 0 Å². The number of carbonyl (C=O) groups excluding carboxylic acids is 6. The molecule has 0 rings (SSSR count). The first-order valence-electron chi connectivity index (χ1n) is 24.9. The van der Waals surface area contributed by atoms with Crippen LogP contribution in [0.1, 0.15) is 213 Å². The van der Waals surface area contributed by atoms with E-state index in [0.717, 1.165) is 77.0 Å². The molecule has 0 aromatic carbocycles. The van der Waals surface area contributed by atoms with Gasteiger partial charge in [0, 0.05) is 57.4 Å². The van der Waals surface area contributed by atoms with Crippen molar-refractivity contribution in [1.82, 2.24) is 16.0 Å². The summed E-state index contributed by atoms with van der Waals surface area (Å²) in [5.41, 5.74) is 5.98. The fourth-order valence-corrected chi connectivity index (χ4v) is 7.58. The number of nitrogens with two attached hydrogens (primary N) is 1. The maximum atomic E-state index is 12.7. The lowest BCUT2D eigenvalue weighted by molar-refractivity contribution is -0.145. The van der Waals surface area contributed by atoms with E-state index in [1.807, 2.05) is 6.92 Å². The van der Waals surface area contributed by atoms with Gasteiger partial charge in [-0.1, -0.05) is 103 Å². The van der Waals surface area contributed by atoms with Crippen LogP contribution in [0.2, 0.25) is 0 Å². The number of carbonyl (C=O) groups is 10. The summed E-state index contributed by atoms with van der Waals surface area (Å²) in [5.74, 6) is -8.16. The number of unbranched alkanes of at least 4 members (excludes halogenated alkanes) is 16. The number of nitrogens with one attached hydrogen (secondary N) is 3. The SMILES string of the molecule is CC(=O)[C@@H](C)CCCCNC(=O)[C@@H](N)CCCCCC(=O)CC[C@H](NC(=O)CCC(CC(=O)CC[C@H](NC(=O)CCCCCCCCCCCCCCCCC(=O)O)C(=O)O)C(=O)O)C(=O)O. The third-order valence-electron chi connectivity index (χ3n) is 12.1. The Morgan fingerprint density at radius 3 is 1.36 bits per heavy atom. The molecule has 384 valence electrons. The number of hydrogen-bond donors (Lipinski definition) is 8. The highest BCUT2D eigenvalue weighted by atomic mass is 16.4. The first-order valence-corrected chi connectivity index (χ1v) is 24.9. The van der Waals surface area contributed by atoms with Gasteiger partial charge < -0.3 is 42.1 Å². The zero-order valence-corrected chi connectivity index (χ0v) is 40.5. The lowest BCUT2D eigenvalue weighted by Crippen LogP contribution is -2.41. The summed E-state index contributed by atoms with van der Waals surface area (Å²) < 4.78 is 0. The molecular weight excluding hydrogens is 869 g/mol. The van der Waals surface area contributed by atoms with Gasteiger partial charge in [-0.25, -0.2) is 9.59 Å². The molecule has 0 heterocycles. The van der Waals surface area contributed by atoms with Crippen molar-refractivity contribution in [3.8, 4) is 0 Å². The molecule has 9 N–H and O–H groups in total. The second-order valence-electron chi connectivity index (χ2n) is 18.2. The van der Waals surface area contributed by atoms with Crippen molar-refractivity contribution < 1.29 is 68.4 Å². The zero-order chi connectivity index (χ0) is 50.4. The number of carboxylic acids is 4. The molecule has 0 aliphatic rings. The molecule has 0 bridgehead atoms. The van der Waals surface area contributed by atoms with Gasteiger partial charge in [0.25, 0.3) is 0 Å². The van der Waals surface area contributed by atoms with Crippen molar-refractivity contribution >= 4 is 58.9 Å². The molecule has 0 fully saturated rings. The van der Waals surface area contributed by atoms with Crippen LogP contribution in [-0.4, -0.2) is 104 Å². The van der Waals surface area contributed by atoms with Gasteiger partial charge in [0.15, 0.2) is 0 Å². The number of amides is 3. The highest BCUT2D eigenvalue weighted by Crippen LogP contribution is 2.17. The summed E-state index contributed by atoms with van der Waals surface area (Å²) in [6.07, 6.45) is 17.4. The Balaban J connectivity index is 4.37. The van der Waals surface area contributed by atoms with Crippen molar-refractivity contribution in [2.24, 2.45) is 17.6 Å². The van der Waals surface area contributed by atoms with E-state index in [0.29, 0.717) is 38.6 Å². The van der Waals surface area contributed by atoms with E-state index in [2.05, 4.69) is 16.0 Å². The monoisotopic (exact) mass is 953 g/mol. The molecule has 18 heteroatoms. The highest BCUT2D eigenvalue weighted by molar-refractivity contribution is 5.88. The van der Waals surface area contributed by atoms with Crippen molar-refractivity contribution in [2.45, 2.75) is 231 Å². The van der Waals surface area contributed by atoms with Crippen LogP contribution in [0.5, 0.6) is 0 Å². The predicted octanol–water partition coefficient (Wildman–Crippen LogP) is 6.81. The summed E-state index contributed by atoms with van der Waals surface area (Å²) in [5, 5.41) is 45.2. The van der Waals surface area contributed by atoms with Crippen molar-refractivity contribution in [3.05, 3.63) is 0 Å². The normalized spacial score (nSPS) is 13.4. The molecule has 0 radical (unpaired) electrons. The first kappa shape index (κ1) is 62.3. The standard InChI is InChI=1S/C49H84N4O14/c1-35(36(2)54)22-20-21-33-51-46(61)40(50)24-17-15-16-23-38(55)28-30-41(48(64)65)53-44(58)32-27-37(47(62)63)34-39(56)29-31-42(49(66)67)52-43(57)25-18-13-11-9-7-5-3-4-6-8-10-12-14-19-26-45(59)60/h35,37,40-42H,3-34,50H2,1-2H3,(H,51,61)(H,52,57)(H,53,58)(H,59,60)(H,62,63)(H,64,65)(H,66,67)/t35-,37?,40-,41-,42-/m0/s1. The number of Topliss-reactive ketones (excluding diaryl/α,β-unsaturated/α-hetero) is 3. The minimum absolute atomic E-state index is 0.000268. The van der Waals surface area contributed by atoms with E-state index in [1.165, 1.54) is 25.7 Å². The number of ketones is 3. The Morgan fingerprint density at radius 2 is 0.881 bits per heavy atom. The fourth-order valence-electron chi connectivity index (χ4n) is 7.58. The molecule has 3 amide bonds. The van der Waals surface area contributed by atoms with Crippen molar-refractivity contribution in [3.63, 3.8) is 0 Å². The summed E-state index contributed by atoms with van der Waals surface area (Å²) in [7, 11) is 0. The quantitative estimate of drug-likeness (QED) is 0.0291. The fraction of sp³-hybridized carbons (Fsp3) is 0.796. The largest absolute Gasteiger partial charge is 0.481 e. The minimum atomic E-state index is -1.39. The predicted molar refractivity (Wildman–Crippen MR) is 252 cm³/mol. The Labute approximate surface area is 397 Å². The van der Waals surface area contributed by atoms with E-state index < -0.39 is 78.4 Å².